The first-order chi connectivity index (χ1) is 22.4. The molecule has 0 spiro atoms. The maximum Gasteiger partial charge on any atom is 0.302 e. The average Bonchev–Trinajstić information content (AvgIpc) is 3.03. The molecule has 2 aromatic heterocycles. The third kappa shape index (κ3) is 11.9. The molecule has 0 saturated carbocycles. The van der Waals surface area contributed by atoms with Crippen LogP contribution in [0.4, 0.5) is 11.6 Å². The second-order valence-corrected chi connectivity index (χ2v) is 10.3. The fourth-order valence-electron chi connectivity index (χ4n) is 4.03. The van der Waals surface area contributed by atoms with E-state index in [9.17, 15) is 28.8 Å². The predicted molar refractivity (Wildman–Crippen MR) is 170 cm³/mol. The molecule has 0 aliphatic heterocycles. The number of nitrogens with zero attached hydrogens (tertiary/aromatic N) is 5. The molecule has 250 valence electrons. The number of rotatable bonds is 17. The van der Waals surface area contributed by atoms with Crippen molar-refractivity contribution in [1.29, 1.82) is 0 Å². The van der Waals surface area contributed by atoms with Crippen LogP contribution in [0.25, 0.3) is 11.2 Å². The molecule has 2 amide bonds. The number of amides is 2. The molecule has 3 rings (SSSR count). The van der Waals surface area contributed by atoms with Gasteiger partial charge >= 0.3 is 11.9 Å². The number of fused-ring (bicyclic) bond motifs is 1. The number of hydrogen-bond acceptors (Lipinski definition) is 13. The van der Waals surface area contributed by atoms with Crippen LogP contribution in [0.2, 0.25) is 0 Å². The molecular weight excluding hydrogens is 614 g/mol. The normalized spacial score (nSPS) is 11.5. The van der Waals surface area contributed by atoms with Gasteiger partial charge in [0, 0.05) is 45.6 Å². The Hall–Kier alpha value is -5.74. The minimum absolute atomic E-state index is 0.00293. The minimum Gasteiger partial charge on any atom is -0.464 e. The van der Waals surface area contributed by atoms with Gasteiger partial charge < -0.3 is 30.3 Å². The van der Waals surface area contributed by atoms with E-state index < -0.39 is 41.0 Å². The Labute approximate surface area is 269 Å². The Bertz CT molecular complexity index is 1670. The smallest absolute Gasteiger partial charge is 0.302 e. The van der Waals surface area contributed by atoms with Crippen LogP contribution in [-0.4, -0.2) is 101 Å². The summed E-state index contributed by atoms with van der Waals surface area (Å²) in [4.78, 5) is 94.2. The molecule has 3 aromatic rings. The van der Waals surface area contributed by atoms with Crippen LogP contribution in [-0.2, 0) is 35.2 Å². The molecule has 47 heavy (non-hydrogen) atoms. The van der Waals surface area contributed by atoms with Gasteiger partial charge in [-0.05, 0) is 30.7 Å². The highest BCUT2D eigenvalue weighted by molar-refractivity contribution is 6.10. The zero-order valence-corrected chi connectivity index (χ0v) is 26.5. The van der Waals surface area contributed by atoms with Crippen molar-refractivity contribution in [2.75, 3.05) is 45.7 Å². The third-order valence-electron chi connectivity index (χ3n) is 6.24. The number of carbonyl (C=O) groups is 5. The first kappa shape index (κ1) is 35.7. The standard InChI is InChI=1S/C30H37N9O8/c1-18(40)46-13-11-31-24(42)10-9-23(28(44)32-12-14-47-19(2)41)26(43)20-5-7-21(8-6-20)33-15-22-16-34-27-25(36-22)29(45)38-30(37-27)35-17-39(3)4/h5-8,16-17,23,33H,9-15H2,1-4H3,(H,31,42)(H,32,44)(H,34,37,38,45)/b35-17+. The quantitative estimate of drug-likeness (QED) is 0.0389. The molecule has 17 heteroatoms. The summed E-state index contributed by atoms with van der Waals surface area (Å²) in [6, 6.07) is 6.36. The van der Waals surface area contributed by atoms with E-state index in [1.807, 2.05) is 0 Å². The number of esters is 2. The summed E-state index contributed by atoms with van der Waals surface area (Å²) in [6.45, 7) is 2.70. The number of Topliss-reactive ketones (excluding diaryl/α,β-unsaturated/α-hetero) is 1. The van der Waals surface area contributed by atoms with Gasteiger partial charge in [0.15, 0.2) is 16.9 Å². The molecule has 1 aromatic carbocycles. The van der Waals surface area contributed by atoms with Gasteiger partial charge in [-0.1, -0.05) is 0 Å². The second kappa shape index (κ2) is 17.7. The molecule has 0 saturated heterocycles. The number of anilines is 1. The molecule has 17 nitrogen and oxygen atoms in total. The predicted octanol–water partition coefficient (Wildman–Crippen LogP) is 0.484. The maximum atomic E-state index is 13.4. The molecule has 0 aliphatic carbocycles. The van der Waals surface area contributed by atoms with E-state index in [2.05, 4.69) is 40.9 Å². The van der Waals surface area contributed by atoms with E-state index in [0.717, 1.165) is 0 Å². The van der Waals surface area contributed by atoms with Gasteiger partial charge in [-0.2, -0.15) is 4.98 Å². The van der Waals surface area contributed by atoms with E-state index in [1.165, 1.54) is 26.4 Å². The summed E-state index contributed by atoms with van der Waals surface area (Å²) in [5, 5.41) is 8.28. The molecule has 0 bridgehead atoms. The van der Waals surface area contributed by atoms with Crippen molar-refractivity contribution < 1.29 is 33.4 Å². The van der Waals surface area contributed by atoms with Gasteiger partial charge in [-0.25, -0.2) is 15.0 Å². The molecule has 0 aliphatic rings. The zero-order chi connectivity index (χ0) is 34.3. The average molecular weight is 652 g/mol. The topological polar surface area (TPSA) is 227 Å². The van der Waals surface area contributed by atoms with Crippen LogP contribution in [0.3, 0.4) is 0 Å². The maximum absolute atomic E-state index is 13.4. The van der Waals surface area contributed by atoms with E-state index in [4.69, 9.17) is 9.47 Å². The van der Waals surface area contributed by atoms with Crippen LogP contribution >= 0.6 is 0 Å². The van der Waals surface area contributed by atoms with Crippen molar-refractivity contribution in [2.45, 2.75) is 33.2 Å². The number of benzene rings is 1. The lowest BCUT2D eigenvalue weighted by Crippen LogP contribution is -2.38. The lowest BCUT2D eigenvalue weighted by atomic mass is 9.92. The Balaban J connectivity index is 1.64. The number of ether oxygens (including phenoxy) is 2. The Kier molecular flexibility index (Phi) is 13.4. The number of aromatic amines is 1. The van der Waals surface area contributed by atoms with E-state index in [1.54, 1.807) is 43.3 Å². The Morgan fingerprint density at radius 3 is 2.28 bits per heavy atom. The van der Waals surface area contributed by atoms with Crippen molar-refractivity contribution in [3.8, 4) is 0 Å². The van der Waals surface area contributed by atoms with E-state index >= 15 is 0 Å². The van der Waals surface area contributed by atoms with Gasteiger partial charge in [0.25, 0.3) is 5.56 Å². The Morgan fingerprint density at radius 2 is 1.64 bits per heavy atom. The van der Waals surface area contributed by atoms with Crippen molar-refractivity contribution >= 4 is 58.7 Å². The van der Waals surface area contributed by atoms with Gasteiger partial charge in [0.05, 0.1) is 37.9 Å². The van der Waals surface area contributed by atoms with Gasteiger partial charge in [0.1, 0.15) is 19.1 Å². The van der Waals surface area contributed by atoms with Crippen LogP contribution in [0, 0.1) is 5.92 Å². The number of nitrogens with one attached hydrogen (secondary N) is 4. The van der Waals surface area contributed by atoms with Gasteiger partial charge in [-0.15, -0.1) is 0 Å². The van der Waals surface area contributed by atoms with Crippen molar-refractivity contribution in [3.05, 3.63) is 52.1 Å². The lowest BCUT2D eigenvalue weighted by molar-refractivity contribution is -0.142. The Morgan fingerprint density at radius 1 is 0.979 bits per heavy atom. The number of carbonyl (C=O) groups excluding carboxylic acids is 5. The summed E-state index contributed by atoms with van der Waals surface area (Å²) < 4.78 is 9.60. The number of ketones is 1. The molecule has 0 radical (unpaired) electrons. The van der Waals surface area contributed by atoms with Crippen LogP contribution in [0.5, 0.6) is 0 Å². The summed E-state index contributed by atoms with van der Waals surface area (Å²) in [5.74, 6) is -3.62. The van der Waals surface area contributed by atoms with E-state index in [0.29, 0.717) is 11.4 Å². The molecular formula is C30H37N9O8. The fraction of sp³-hybridized carbons (Fsp3) is 0.400. The minimum atomic E-state index is -1.20. The highest BCUT2D eigenvalue weighted by Gasteiger charge is 2.28. The lowest BCUT2D eigenvalue weighted by Gasteiger charge is -2.16. The first-order valence-corrected chi connectivity index (χ1v) is 14.6. The fourth-order valence-corrected chi connectivity index (χ4v) is 4.03. The third-order valence-corrected chi connectivity index (χ3v) is 6.24. The number of aliphatic imine (C=N–C) groups is 1. The van der Waals surface area contributed by atoms with Gasteiger partial charge in [-0.3, -0.25) is 33.8 Å². The summed E-state index contributed by atoms with van der Waals surface area (Å²) in [7, 11) is 3.56. The van der Waals surface area contributed by atoms with Crippen LogP contribution < -0.4 is 21.5 Å². The number of hydrogen-bond donors (Lipinski definition) is 4. The summed E-state index contributed by atoms with van der Waals surface area (Å²) in [6.07, 6.45) is 2.75. The molecule has 1 atom stereocenters. The monoisotopic (exact) mass is 651 g/mol. The highest BCUT2D eigenvalue weighted by Crippen LogP contribution is 2.18. The van der Waals surface area contributed by atoms with Crippen LogP contribution in [0.15, 0.2) is 40.2 Å². The first-order valence-electron chi connectivity index (χ1n) is 14.6. The molecule has 4 N–H and O–H groups in total. The largest absolute Gasteiger partial charge is 0.464 e. The van der Waals surface area contributed by atoms with E-state index in [-0.39, 0.29) is 68.4 Å². The summed E-state index contributed by atoms with van der Waals surface area (Å²) >= 11 is 0. The highest BCUT2D eigenvalue weighted by atomic mass is 16.5. The van der Waals surface area contributed by atoms with Crippen molar-refractivity contribution in [1.82, 2.24) is 35.5 Å². The SMILES string of the molecule is CC(=O)OCCNC(=O)CCC(C(=O)NCCOC(C)=O)C(=O)c1ccc(NCc2cnc3nc(/N=C/N(C)C)[nH]c(=O)c3n2)cc1. The summed E-state index contributed by atoms with van der Waals surface area (Å²) in [5.41, 5.74) is 1.05. The van der Waals surface area contributed by atoms with Crippen LogP contribution in [0.1, 0.15) is 42.7 Å². The van der Waals surface area contributed by atoms with Gasteiger partial charge in [0.2, 0.25) is 17.8 Å². The zero-order valence-electron chi connectivity index (χ0n) is 26.5. The van der Waals surface area contributed by atoms with Crippen molar-refractivity contribution in [3.63, 3.8) is 0 Å². The van der Waals surface area contributed by atoms with Crippen molar-refractivity contribution in [2.24, 2.45) is 10.9 Å². The molecule has 0 fully saturated rings. The number of H-pyrrole nitrogens is 1. The second-order valence-electron chi connectivity index (χ2n) is 10.3. The molecule has 1 unspecified atom stereocenters. The molecule has 2 heterocycles. The number of aromatic nitrogens is 4.